The Bertz CT molecular complexity index is 297. The molecule has 6 heteroatoms. The van der Waals surface area contributed by atoms with Crippen molar-refractivity contribution >= 4 is 11.3 Å². The van der Waals surface area contributed by atoms with Crippen molar-refractivity contribution in [2.75, 3.05) is 6.54 Å². The third-order valence-electron chi connectivity index (χ3n) is 1.65. The molecule has 0 aromatic carbocycles. The quantitative estimate of drug-likeness (QED) is 0.821. The minimum atomic E-state index is -4.30. The van der Waals surface area contributed by atoms with E-state index in [1.54, 1.807) is 0 Å². The van der Waals surface area contributed by atoms with Crippen LogP contribution in [0.2, 0.25) is 0 Å². The zero-order valence-corrected chi connectivity index (χ0v) is 8.03. The van der Waals surface area contributed by atoms with Crippen LogP contribution in [0.3, 0.4) is 0 Å². The lowest BCUT2D eigenvalue weighted by atomic mass is 10.2. The van der Waals surface area contributed by atoms with Crippen LogP contribution in [-0.2, 0) is 12.6 Å². The normalized spacial score (nSPS) is 14.4. The van der Waals surface area contributed by atoms with Crippen LogP contribution in [0.5, 0.6) is 0 Å². The molecule has 1 aromatic heterocycles. The van der Waals surface area contributed by atoms with Crippen LogP contribution < -0.4 is 5.73 Å². The first-order valence-electron chi connectivity index (χ1n) is 3.97. The summed E-state index contributed by atoms with van der Waals surface area (Å²) in [6.45, 7) is 0.0548. The zero-order chi connectivity index (χ0) is 10.8. The molecule has 0 bridgehead atoms. The van der Waals surface area contributed by atoms with Crippen LogP contribution in [0.25, 0.3) is 0 Å². The van der Waals surface area contributed by atoms with Gasteiger partial charge in [-0.05, 0) is 12.1 Å². The lowest BCUT2D eigenvalue weighted by Crippen LogP contribution is -2.21. The number of alkyl halides is 3. The van der Waals surface area contributed by atoms with Gasteiger partial charge in [0, 0.05) is 17.8 Å². The van der Waals surface area contributed by atoms with Crippen molar-refractivity contribution in [3.8, 4) is 0 Å². The van der Waals surface area contributed by atoms with Gasteiger partial charge >= 0.3 is 6.18 Å². The highest BCUT2D eigenvalue weighted by Gasteiger charge is 2.32. The summed E-state index contributed by atoms with van der Waals surface area (Å²) in [6, 6.07) is 2.38. The van der Waals surface area contributed by atoms with Gasteiger partial charge in [-0.25, -0.2) is 0 Å². The van der Waals surface area contributed by atoms with Crippen molar-refractivity contribution < 1.29 is 18.3 Å². The van der Waals surface area contributed by atoms with E-state index in [1.165, 1.54) is 6.07 Å². The van der Waals surface area contributed by atoms with Crippen LogP contribution in [0, 0.1) is 0 Å². The molecule has 0 aliphatic heterocycles. The van der Waals surface area contributed by atoms with Crippen molar-refractivity contribution in [2.24, 2.45) is 5.73 Å². The molecule has 0 saturated carbocycles. The van der Waals surface area contributed by atoms with Crippen molar-refractivity contribution in [2.45, 2.75) is 18.7 Å². The lowest BCUT2D eigenvalue weighted by Gasteiger charge is -2.04. The summed E-state index contributed by atoms with van der Waals surface area (Å²) in [5.74, 6) is 0. The number of hydrogen-bond acceptors (Lipinski definition) is 3. The lowest BCUT2D eigenvalue weighted by molar-refractivity contribution is -0.134. The van der Waals surface area contributed by atoms with Gasteiger partial charge in [0.2, 0.25) is 0 Å². The minimum Gasteiger partial charge on any atom is -0.391 e. The predicted molar refractivity (Wildman–Crippen MR) is 48.1 cm³/mol. The van der Waals surface area contributed by atoms with E-state index in [-0.39, 0.29) is 13.0 Å². The third-order valence-corrected chi connectivity index (χ3v) is 2.80. The molecule has 0 fully saturated rings. The molecule has 2 nitrogen and oxygen atoms in total. The summed E-state index contributed by atoms with van der Waals surface area (Å²) in [7, 11) is 0. The Morgan fingerprint density at radius 1 is 1.43 bits per heavy atom. The molecule has 1 atom stereocenters. The first kappa shape index (κ1) is 11.5. The van der Waals surface area contributed by atoms with Crippen LogP contribution in [-0.4, -0.2) is 17.8 Å². The average molecular weight is 225 g/mol. The largest absolute Gasteiger partial charge is 0.425 e. The van der Waals surface area contributed by atoms with E-state index in [2.05, 4.69) is 0 Å². The third kappa shape index (κ3) is 2.97. The SMILES string of the molecule is NCC(O)Cc1ccc(C(F)(F)F)s1. The highest BCUT2D eigenvalue weighted by molar-refractivity contribution is 7.12. The van der Waals surface area contributed by atoms with E-state index < -0.39 is 17.2 Å². The monoisotopic (exact) mass is 225 g/mol. The van der Waals surface area contributed by atoms with E-state index in [0.29, 0.717) is 16.2 Å². The zero-order valence-electron chi connectivity index (χ0n) is 7.21. The van der Waals surface area contributed by atoms with Gasteiger partial charge in [-0.3, -0.25) is 0 Å². The predicted octanol–water partition coefficient (Wildman–Crippen LogP) is 1.63. The molecule has 3 N–H and O–H groups in total. The van der Waals surface area contributed by atoms with Gasteiger partial charge in [0.1, 0.15) is 4.88 Å². The van der Waals surface area contributed by atoms with Gasteiger partial charge in [0.15, 0.2) is 0 Å². The number of hydrogen-bond donors (Lipinski definition) is 2. The standard InChI is InChI=1S/C8H10F3NOS/c9-8(10,11)7-2-1-6(14-7)3-5(13)4-12/h1-2,5,13H,3-4,12H2. The van der Waals surface area contributed by atoms with E-state index in [4.69, 9.17) is 10.8 Å². The van der Waals surface area contributed by atoms with Gasteiger partial charge in [0.25, 0.3) is 0 Å². The summed E-state index contributed by atoms with van der Waals surface area (Å²) in [5.41, 5.74) is 5.14. The molecule has 1 aromatic rings. The van der Waals surface area contributed by atoms with Crippen molar-refractivity contribution in [3.63, 3.8) is 0 Å². The Balaban J connectivity index is 2.69. The molecular weight excluding hydrogens is 215 g/mol. The number of rotatable bonds is 3. The molecule has 0 amide bonds. The topological polar surface area (TPSA) is 46.2 Å². The van der Waals surface area contributed by atoms with Crippen molar-refractivity contribution in [3.05, 3.63) is 21.9 Å². The van der Waals surface area contributed by atoms with Crippen LogP contribution in [0.15, 0.2) is 12.1 Å². The Morgan fingerprint density at radius 3 is 2.50 bits per heavy atom. The summed E-state index contributed by atoms with van der Waals surface area (Å²) in [6.07, 6.45) is -4.89. The Labute approximate surface area is 83.2 Å². The molecule has 0 aliphatic carbocycles. The number of aliphatic hydroxyl groups is 1. The van der Waals surface area contributed by atoms with E-state index in [0.717, 1.165) is 6.07 Å². The fourth-order valence-electron chi connectivity index (χ4n) is 0.956. The average Bonchev–Trinajstić information content (AvgIpc) is 2.51. The molecule has 14 heavy (non-hydrogen) atoms. The fourth-order valence-corrected chi connectivity index (χ4v) is 1.90. The van der Waals surface area contributed by atoms with Gasteiger partial charge in [-0.1, -0.05) is 0 Å². The second kappa shape index (κ2) is 4.29. The van der Waals surface area contributed by atoms with E-state index in [1.807, 2.05) is 0 Å². The van der Waals surface area contributed by atoms with Gasteiger partial charge in [-0.15, -0.1) is 11.3 Å². The maximum Gasteiger partial charge on any atom is 0.425 e. The molecule has 0 radical (unpaired) electrons. The summed E-state index contributed by atoms with van der Waals surface area (Å²) in [5, 5.41) is 9.12. The molecular formula is C8H10F3NOS. The maximum absolute atomic E-state index is 12.1. The number of aliphatic hydroxyl groups excluding tert-OH is 1. The van der Waals surface area contributed by atoms with Crippen molar-refractivity contribution in [1.82, 2.24) is 0 Å². The van der Waals surface area contributed by atoms with Crippen LogP contribution in [0.4, 0.5) is 13.2 Å². The molecule has 80 valence electrons. The molecule has 0 spiro atoms. The number of thiophene rings is 1. The summed E-state index contributed by atoms with van der Waals surface area (Å²) < 4.78 is 36.4. The maximum atomic E-state index is 12.1. The van der Waals surface area contributed by atoms with Crippen LogP contribution in [0.1, 0.15) is 9.75 Å². The Hall–Kier alpha value is -0.590. The Morgan fingerprint density at radius 2 is 2.07 bits per heavy atom. The highest BCUT2D eigenvalue weighted by Crippen LogP contribution is 2.34. The number of nitrogens with two attached hydrogens (primary N) is 1. The first-order chi connectivity index (χ1) is 6.43. The van der Waals surface area contributed by atoms with Gasteiger partial charge in [-0.2, -0.15) is 13.2 Å². The molecule has 1 heterocycles. The van der Waals surface area contributed by atoms with E-state index >= 15 is 0 Å². The second-order valence-electron chi connectivity index (χ2n) is 2.86. The summed E-state index contributed by atoms with van der Waals surface area (Å²) in [4.78, 5) is -0.146. The second-order valence-corrected chi connectivity index (χ2v) is 4.03. The molecule has 0 saturated heterocycles. The van der Waals surface area contributed by atoms with Gasteiger partial charge < -0.3 is 10.8 Å². The smallest absolute Gasteiger partial charge is 0.391 e. The molecule has 1 rings (SSSR count). The van der Waals surface area contributed by atoms with Crippen LogP contribution >= 0.6 is 11.3 Å². The fraction of sp³-hybridized carbons (Fsp3) is 0.500. The molecule has 0 aliphatic rings. The first-order valence-corrected chi connectivity index (χ1v) is 4.79. The number of halogens is 3. The van der Waals surface area contributed by atoms with E-state index in [9.17, 15) is 13.2 Å². The minimum absolute atomic E-state index is 0.0548. The summed E-state index contributed by atoms with van der Waals surface area (Å²) >= 11 is 0.643. The van der Waals surface area contributed by atoms with Gasteiger partial charge in [0.05, 0.1) is 6.10 Å². The van der Waals surface area contributed by atoms with Crippen molar-refractivity contribution in [1.29, 1.82) is 0 Å². The highest BCUT2D eigenvalue weighted by atomic mass is 32.1. The Kier molecular flexibility index (Phi) is 3.52. The molecule has 1 unspecified atom stereocenters.